The number of nitrogens with one attached hydrogen (secondary N) is 1. The smallest absolute Gasteiger partial charge is 0.167 e. The number of methoxy groups -OCH3 is 1. The van der Waals surface area contributed by atoms with Gasteiger partial charge in [0.1, 0.15) is 0 Å². The molecule has 1 atom stereocenters. The first-order valence-corrected chi connectivity index (χ1v) is 6.60. The zero-order chi connectivity index (χ0) is 11.4. The van der Waals surface area contributed by atoms with Crippen LogP contribution in [0.25, 0.3) is 0 Å². The lowest BCUT2D eigenvalue weighted by molar-refractivity contribution is 0.386. The van der Waals surface area contributed by atoms with Gasteiger partial charge in [0.15, 0.2) is 11.6 Å². The topological polar surface area (TPSA) is 21.3 Å². The molecule has 1 N–H and O–H groups in total. The van der Waals surface area contributed by atoms with Crippen molar-refractivity contribution in [2.24, 2.45) is 5.92 Å². The molecule has 1 aromatic rings. The highest BCUT2D eigenvalue weighted by Crippen LogP contribution is 2.25. The van der Waals surface area contributed by atoms with E-state index in [1.165, 1.54) is 31.1 Å². The van der Waals surface area contributed by atoms with Crippen molar-refractivity contribution in [2.45, 2.75) is 6.42 Å². The lowest BCUT2D eigenvalue weighted by atomic mass is 10.1. The Bertz CT molecular complexity index is 353. The Morgan fingerprint density at radius 1 is 1.56 bits per heavy atom. The van der Waals surface area contributed by atoms with E-state index in [2.05, 4.69) is 5.32 Å². The summed E-state index contributed by atoms with van der Waals surface area (Å²) in [5.74, 6) is 3.17. The Kier molecular flexibility index (Phi) is 3.93. The van der Waals surface area contributed by atoms with Crippen molar-refractivity contribution in [1.29, 1.82) is 0 Å². The Morgan fingerprint density at radius 3 is 3.06 bits per heavy atom. The number of halogens is 1. The van der Waals surface area contributed by atoms with E-state index in [1.54, 1.807) is 6.07 Å². The first-order chi connectivity index (χ1) is 7.79. The number of hydrogen-bond acceptors (Lipinski definition) is 3. The van der Waals surface area contributed by atoms with Gasteiger partial charge in [-0.15, -0.1) is 0 Å². The summed E-state index contributed by atoms with van der Waals surface area (Å²) in [4.78, 5) is 0. The molecule has 0 bridgehead atoms. The van der Waals surface area contributed by atoms with Crippen LogP contribution < -0.4 is 10.1 Å². The fraction of sp³-hybridized carbons (Fsp3) is 0.500. The van der Waals surface area contributed by atoms with Gasteiger partial charge in [-0.2, -0.15) is 11.8 Å². The van der Waals surface area contributed by atoms with Crippen LogP contribution in [-0.4, -0.2) is 25.2 Å². The van der Waals surface area contributed by atoms with Gasteiger partial charge in [-0.25, -0.2) is 4.39 Å². The molecule has 2 nitrogen and oxygen atoms in total. The minimum atomic E-state index is -0.312. The average molecular weight is 241 g/mol. The molecule has 0 saturated carbocycles. The van der Waals surface area contributed by atoms with Gasteiger partial charge in [0.25, 0.3) is 0 Å². The van der Waals surface area contributed by atoms with Crippen LogP contribution in [0.4, 0.5) is 10.1 Å². The van der Waals surface area contributed by atoms with Gasteiger partial charge in [-0.05, 0) is 36.0 Å². The Labute approximate surface area is 99.6 Å². The van der Waals surface area contributed by atoms with Gasteiger partial charge in [0.2, 0.25) is 0 Å². The van der Waals surface area contributed by atoms with E-state index in [-0.39, 0.29) is 5.82 Å². The maximum atomic E-state index is 13.4. The first kappa shape index (κ1) is 11.6. The summed E-state index contributed by atoms with van der Waals surface area (Å²) in [7, 11) is 1.47. The molecular formula is C12H16FNOS. The third kappa shape index (κ3) is 2.82. The lowest BCUT2D eigenvalue weighted by Gasteiger charge is -2.12. The molecule has 4 heteroatoms. The normalized spacial score (nSPS) is 19.8. The molecular weight excluding hydrogens is 225 g/mol. The van der Waals surface area contributed by atoms with Crippen LogP contribution in [0.1, 0.15) is 6.42 Å². The van der Waals surface area contributed by atoms with Crippen LogP contribution in [0.2, 0.25) is 0 Å². The highest BCUT2D eigenvalue weighted by Gasteiger charge is 2.15. The quantitative estimate of drug-likeness (QED) is 0.875. The van der Waals surface area contributed by atoms with Gasteiger partial charge >= 0.3 is 0 Å². The van der Waals surface area contributed by atoms with E-state index in [0.717, 1.165) is 18.2 Å². The van der Waals surface area contributed by atoms with Crippen LogP contribution in [0.3, 0.4) is 0 Å². The lowest BCUT2D eigenvalue weighted by Crippen LogP contribution is -2.13. The van der Waals surface area contributed by atoms with Crippen LogP contribution >= 0.6 is 11.8 Å². The first-order valence-electron chi connectivity index (χ1n) is 5.45. The molecule has 16 heavy (non-hydrogen) atoms. The van der Waals surface area contributed by atoms with Crippen molar-refractivity contribution in [3.63, 3.8) is 0 Å². The molecule has 1 unspecified atom stereocenters. The fourth-order valence-electron chi connectivity index (χ4n) is 1.78. The van der Waals surface area contributed by atoms with Gasteiger partial charge < -0.3 is 10.1 Å². The second-order valence-corrected chi connectivity index (χ2v) is 5.11. The summed E-state index contributed by atoms with van der Waals surface area (Å²) in [6, 6.07) is 4.99. The fourth-order valence-corrected chi connectivity index (χ4v) is 3.07. The standard InChI is InChI=1S/C12H16FNOS/c1-15-12-3-2-10(6-11(12)13)14-7-9-4-5-16-8-9/h2-3,6,9,14H,4-5,7-8H2,1H3. The van der Waals surface area contributed by atoms with Gasteiger partial charge in [-0.1, -0.05) is 0 Å². The molecule has 1 saturated heterocycles. The molecule has 0 amide bonds. The number of rotatable bonds is 4. The maximum Gasteiger partial charge on any atom is 0.167 e. The van der Waals surface area contributed by atoms with Crippen molar-refractivity contribution >= 4 is 17.4 Å². The van der Waals surface area contributed by atoms with E-state index in [4.69, 9.17) is 4.74 Å². The largest absolute Gasteiger partial charge is 0.494 e. The molecule has 0 aliphatic carbocycles. The van der Waals surface area contributed by atoms with Gasteiger partial charge in [0, 0.05) is 18.3 Å². The van der Waals surface area contributed by atoms with E-state index in [1.807, 2.05) is 17.8 Å². The van der Waals surface area contributed by atoms with Gasteiger partial charge in [0.05, 0.1) is 7.11 Å². The Hall–Kier alpha value is -0.900. The van der Waals surface area contributed by atoms with Crippen molar-refractivity contribution in [3.8, 4) is 5.75 Å². The van der Waals surface area contributed by atoms with E-state index in [0.29, 0.717) is 5.75 Å². The van der Waals surface area contributed by atoms with Crippen LogP contribution in [0, 0.1) is 11.7 Å². The van der Waals surface area contributed by atoms with Crippen molar-refractivity contribution in [1.82, 2.24) is 0 Å². The van der Waals surface area contributed by atoms with E-state index < -0.39 is 0 Å². The Balaban J connectivity index is 1.91. The summed E-state index contributed by atoms with van der Waals surface area (Å²) >= 11 is 1.99. The van der Waals surface area contributed by atoms with Crippen LogP contribution in [0.5, 0.6) is 5.75 Å². The maximum absolute atomic E-state index is 13.4. The zero-order valence-electron chi connectivity index (χ0n) is 9.33. The molecule has 88 valence electrons. The second-order valence-electron chi connectivity index (χ2n) is 3.96. The minimum Gasteiger partial charge on any atom is -0.494 e. The number of hydrogen-bond donors (Lipinski definition) is 1. The molecule has 1 aliphatic heterocycles. The summed E-state index contributed by atoms with van der Waals surface area (Å²) < 4.78 is 18.3. The summed E-state index contributed by atoms with van der Waals surface area (Å²) in [6.07, 6.45) is 1.26. The van der Waals surface area contributed by atoms with Crippen LogP contribution in [-0.2, 0) is 0 Å². The number of thioether (sulfide) groups is 1. The van der Waals surface area contributed by atoms with Crippen molar-refractivity contribution in [3.05, 3.63) is 24.0 Å². The summed E-state index contributed by atoms with van der Waals surface area (Å²) in [6.45, 7) is 0.929. The highest BCUT2D eigenvalue weighted by molar-refractivity contribution is 7.99. The highest BCUT2D eigenvalue weighted by atomic mass is 32.2. The second kappa shape index (κ2) is 5.43. The predicted molar refractivity (Wildman–Crippen MR) is 66.9 cm³/mol. The molecule has 1 fully saturated rings. The minimum absolute atomic E-state index is 0.293. The molecule has 0 radical (unpaired) electrons. The predicted octanol–water partition coefficient (Wildman–Crippen LogP) is 3.00. The average Bonchev–Trinajstić information content (AvgIpc) is 2.79. The van der Waals surface area contributed by atoms with Crippen molar-refractivity contribution < 1.29 is 9.13 Å². The number of benzene rings is 1. The van der Waals surface area contributed by atoms with Crippen molar-refractivity contribution in [2.75, 3.05) is 30.5 Å². The van der Waals surface area contributed by atoms with E-state index >= 15 is 0 Å². The SMILES string of the molecule is COc1ccc(NCC2CCSC2)cc1F. The van der Waals surface area contributed by atoms with E-state index in [9.17, 15) is 4.39 Å². The third-order valence-electron chi connectivity index (χ3n) is 2.77. The number of ether oxygens (including phenoxy) is 1. The zero-order valence-corrected chi connectivity index (χ0v) is 10.1. The number of anilines is 1. The molecule has 1 aromatic carbocycles. The molecule has 2 rings (SSSR count). The third-order valence-corrected chi connectivity index (χ3v) is 4.00. The summed E-state index contributed by atoms with van der Waals surface area (Å²) in [5.41, 5.74) is 0.829. The summed E-state index contributed by atoms with van der Waals surface area (Å²) in [5, 5.41) is 3.27. The molecule has 0 aromatic heterocycles. The monoisotopic (exact) mass is 241 g/mol. The van der Waals surface area contributed by atoms with Gasteiger partial charge in [-0.3, -0.25) is 0 Å². The molecule has 1 aliphatic rings. The molecule has 0 spiro atoms. The molecule has 1 heterocycles. The Morgan fingerprint density at radius 2 is 2.44 bits per heavy atom. The van der Waals surface area contributed by atoms with Crippen LogP contribution in [0.15, 0.2) is 18.2 Å².